The Morgan fingerprint density at radius 1 is 1.57 bits per heavy atom. The van der Waals surface area contributed by atoms with Gasteiger partial charge in [0.05, 0.1) is 17.4 Å². The summed E-state index contributed by atoms with van der Waals surface area (Å²) in [6.07, 6.45) is 0. The predicted octanol–water partition coefficient (Wildman–Crippen LogP) is 2.90. The van der Waals surface area contributed by atoms with Crippen molar-refractivity contribution in [1.29, 1.82) is 0 Å². The first-order valence-corrected chi connectivity index (χ1v) is 4.46. The molecule has 0 aromatic heterocycles. The molecule has 0 bridgehead atoms. The van der Waals surface area contributed by atoms with Crippen LogP contribution in [0.15, 0.2) is 18.2 Å². The normalized spacial score (nSPS) is 12.2. The fraction of sp³-hybridized carbons (Fsp3) is 0.333. The molecule has 0 aliphatic heterocycles. The summed E-state index contributed by atoms with van der Waals surface area (Å²) in [7, 11) is 1.39. The third-order valence-corrected chi connectivity index (χ3v) is 2.11. The smallest absolute Gasteiger partial charge is 0.311 e. The molecule has 0 aliphatic carbocycles. The number of ether oxygens (including phenoxy) is 1. The van der Waals surface area contributed by atoms with Crippen molar-refractivity contribution >= 4 is 17.3 Å². The Bertz CT molecular complexity index is 352. The van der Waals surface area contributed by atoms with Gasteiger partial charge < -0.3 is 4.74 Å². The van der Waals surface area contributed by atoms with Crippen LogP contribution in [0.25, 0.3) is 0 Å². The number of nitro benzene ring substituents is 1. The second kappa shape index (κ2) is 4.28. The van der Waals surface area contributed by atoms with Gasteiger partial charge in [0.25, 0.3) is 0 Å². The van der Waals surface area contributed by atoms with Crippen LogP contribution >= 0.6 is 11.6 Å². The van der Waals surface area contributed by atoms with Crippen LogP contribution in [0.2, 0.25) is 0 Å². The lowest BCUT2D eigenvalue weighted by atomic mass is 10.1. The van der Waals surface area contributed by atoms with E-state index in [1.54, 1.807) is 19.1 Å². The van der Waals surface area contributed by atoms with Gasteiger partial charge in [-0.2, -0.15) is 0 Å². The van der Waals surface area contributed by atoms with Gasteiger partial charge >= 0.3 is 5.69 Å². The van der Waals surface area contributed by atoms with E-state index in [2.05, 4.69) is 0 Å². The number of nitrogens with zero attached hydrogens (tertiary/aromatic N) is 1. The number of methoxy groups -OCH3 is 1. The molecule has 4 nitrogen and oxygen atoms in total. The Labute approximate surface area is 86.6 Å². The Morgan fingerprint density at radius 3 is 2.64 bits per heavy atom. The van der Waals surface area contributed by atoms with Crippen LogP contribution in [0.4, 0.5) is 5.69 Å². The molecule has 14 heavy (non-hydrogen) atoms. The highest BCUT2D eigenvalue weighted by atomic mass is 35.5. The molecule has 0 saturated carbocycles. The average Bonchev–Trinajstić information content (AvgIpc) is 2.16. The van der Waals surface area contributed by atoms with E-state index in [0.29, 0.717) is 5.56 Å². The van der Waals surface area contributed by atoms with Gasteiger partial charge in [-0.1, -0.05) is 6.07 Å². The number of halogens is 1. The van der Waals surface area contributed by atoms with Crippen molar-refractivity contribution in [1.82, 2.24) is 0 Å². The molecule has 1 aromatic carbocycles. The van der Waals surface area contributed by atoms with Crippen molar-refractivity contribution in [2.45, 2.75) is 12.3 Å². The van der Waals surface area contributed by atoms with Crippen LogP contribution < -0.4 is 4.74 Å². The molecule has 76 valence electrons. The minimum atomic E-state index is -0.485. The number of nitro groups is 1. The molecule has 5 heteroatoms. The molecule has 1 atom stereocenters. The second-order valence-electron chi connectivity index (χ2n) is 2.80. The molecule has 1 rings (SSSR count). The van der Waals surface area contributed by atoms with Crippen molar-refractivity contribution in [3.8, 4) is 5.75 Å². The van der Waals surface area contributed by atoms with Gasteiger partial charge in [-0.15, -0.1) is 11.6 Å². The number of benzene rings is 1. The van der Waals surface area contributed by atoms with Crippen LogP contribution in [0, 0.1) is 10.1 Å². The molecule has 1 unspecified atom stereocenters. The lowest BCUT2D eigenvalue weighted by molar-refractivity contribution is -0.385. The highest BCUT2D eigenvalue weighted by molar-refractivity contribution is 6.20. The molecule has 0 heterocycles. The maximum atomic E-state index is 10.6. The summed E-state index contributed by atoms with van der Waals surface area (Å²) >= 11 is 5.81. The molecule has 0 fully saturated rings. The van der Waals surface area contributed by atoms with E-state index < -0.39 is 4.92 Å². The third-order valence-electron chi connectivity index (χ3n) is 1.86. The Morgan fingerprint density at radius 2 is 2.21 bits per heavy atom. The fourth-order valence-electron chi connectivity index (χ4n) is 1.10. The summed E-state index contributed by atoms with van der Waals surface area (Å²) in [6, 6.07) is 4.69. The van der Waals surface area contributed by atoms with Crippen LogP contribution in [0.5, 0.6) is 5.75 Å². The summed E-state index contributed by atoms with van der Waals surface area (Å²) in [5.41, 5.74) is 0.650. The van der Waals surface area contributed by atoms with Gasteiger partial charge in [-0.25, -0.2) is 0 Å². The fourth-order valence-corrected chi connectivity index (χ4v) is 1.23. The Kier molecular flexibility index (Phi) is 3.30. The monoisotopic (exact) mass is 215 g/mol. The minimum absolute atomic E-state index is 0.0579. The number of hydrogen-bond donors (Lipinski definition) is 0. The SMILES string of the molecule is COc1ccc(C(C)Cl)cc1[N+](=O)[O-]. The van der Waals surface area contributed by atoms with Crippen molar-refractivity contribution in [3.05, 3.63) is 33.9 Å². The number of rotatable bonds is 3. The van der Waals surface area contributed by atoms with Crippen molar-refractivity contribution in [3.63, 3.8) is 0 Å². The maximum absolute atomic E-state index is 10.6. The minimum Gasteiger partial charge on any atom is -0.490 e. The highest BCUT2D eigenvalue weighted by Gasteiger charge is 2.16. The maximum Gasteiger partial charge on any atom is 0.311 e. The zero-order chi connectivity index (χ0) is 10.7. The van der Waals surface area contributed by atoms with Crippen LogP contribution in [-0.4, -0.2) is 12.0 Å². The summed E-state index contributed by atoms with van der Waals surface area (Å²) in [6.45, 7) is 1.76. The van der Waals surface area contributed by atoms with Crippen LogP contribution in [0.1, 0.15) is 17.9 Å². The van der Waals surface area contributed by atoms with E-state index in [0.717, 1.165) is 0 Å². The zero-order valence-electron chi connectivity index (χ0n) is 7.86. The van der Waals surface area contributed by atoms with Crippen LogP contribution in [0.3, 0.4) is 0 Å². The first-order valence-electron chi connectivity index (χ1n) is 4.02. The lowest BCUT2D eigenvalue weighted by Crippen LogP contribution is -1.95. The summed E-state index contributed by atoms with van der Waals surface area (Å²) < 4.78 is 4.86. The van der Waals surface area contributed by atoms with Crippen molar-refractivity contribution in [2.75, 3.05) is 7.11 Å². The summed E-state index contributed by atoms with van der Waals surface area (Å²) in [5, 5.41) is 10.4. The molecule has 0 radical (unpaired) electrons. The van der Waals surface area contributed by atoms with Crippen molar-refractivity contribution < 1.29 is 9.66 Å². The molecule has 0 spiro atoms. The number of alkyl halides is 1. The molecule has 1 aromatic rings. The molecule has 0 saturated heterocycles. The third kappa shape index (κ3) is 2.14. The van der Waals surface area contributed by atoms with Gasteiger partial charge in [-0.05, 0) is 18.6 Å². The summed E-state index contributed by atoms with van der Waals surface area (Å²) in [5.74, 6) is 0.246. The zero-order valence-corrected chi connectivity index (χ0v) is 8.62. The Hall–Kier alpha value is -1.29. The highest BCUT2D eigenvalue weighted by Crippen LogP contribution is 2.31. The van der Waals surface area contributed by atoms with E-state index in [1.807, 2.05) is 0 Å². The van der Waals surface area contributed by atoms with E-state index in [1.165, 1.54) is 13.2 Å². The average molecular weight is 216 g/mol. The van der Waals surface area contributed by atoms with Gasteiger partial charge in [-0.3, -0.25) is 10.1 Å². The van der Waals surface area contributed by atoms with E-state index in [4.69, 9.17) is 16.3 Å². The van der Waals surface area contributed by atoms with Gasteiger partial charge in [0.2, 0.25) is 0 Å². The molecular formula is C9H10ClNO3. The molecular weight excluding hydrogens is 206 g/mol. The largest absolute Gasteiger partial charge is 0.490 e. The summed E-state index contributed by atoms with van der Waals surface area (Å²) in [4.78, 5) is 10.2. The second-order valence-corrected chi connectivity index (χ2v) is 3.46. The standard InChI is InChI=1S/C9H10ClNO3/c1-6(10)7-3-4-9(14-2)8(5-7)11(12)13/h3-6H,1-2H3. The topological polar surface area (TPSA) is 52.4 Å². The first-order chi connectivity index (χ1) is 6.56. The Balaban J connectivity index is 3.21. The van der Waals surface area contributed by atoms with Gasteiger partial charge in [0.15, 0.2) is 5.75 Å². The van der Waals surface area contributed by atoms with Gasteiger partial charge in [0, 0.05) is 6.07 Å². The van der Waals surface area contributed by atoms with Gasteiger partial charge in [0.1, 0.15) is 0 Å². The number of hydrogen-bond acceptors (Lipinski definition) is 3. The van der Waals surface area contributed by atoms with E-state index in [-0.39, 0.29) is 16.8 Å². The van der Waals surface area contributed by atoms with Crippen LogP contribution in [-0.2, 0) is 0 Å². The molecule has 0 amide bonds. The molecule has 0 aliphatic rings. The first kappa shape index (κ1) is 10.8. The van der Waals surface area contributed by atoms with Crippen molar-refractivity contribution in [2.24, 2.45) is 0 Å². The van der Waals surface area contributed by atoms with E-state index >= 15 is 0 Å². The quantitative estimate of drug-likeness (QED) is 0.443. The lowest BCUT2D eigenvalue weighted by Gasteiger charge is -2.05. The molecule has 0 N–H and O–H groups in total. The van der Waals surface area contributed by atoms with E-state index in [9.17, 15) is 10.1 Å². The predicted molar refractivity (Wildman–Crippen MR) is 53.9 cm³/mol.